The fraction of sp³-hybridized carbons (Fsp3) is 0.722. The second-order valence-electron chi connectivity index (χ2n) is 7.20. The Bertz CT molecular complexity index is 476. The maximum Gasteiger partial charge on any atom is 0.310 e. The van der Waals surface area contributed by atoms with Gasteiger partial charge >= 0.3 is 5.97 Å². The molecule has 3 aliphatic carbocycles. The van der Waals surface area contributed by atoms with E-state index >= 15 is 0 Å². The Morgan fingerprint density at radius 1 is 1.40 bits per heavy atom. The highest BCUT2D eigenvalue weighted by molar-refractivity contribution is 5.74. The van der Waals surface area contributed by atoms with Crippen LogP contribution >= 0.6 is 0 Å². The molecular formula is C18H26O2. The van der Waals surface area contributed by atoms with E-state index in [1.54, 1.807) is 0 Å². The van der Waals surface area contributed by atoms with E-state index in [-0.39, 0.29) is 23.4 Å². The van der Waals surface area contributed by atoms with Crippen LogP contribution in [0.3, 0.4) is 0 Å². The summed E-state index contributed by atoms with van der Waals surface area (Å²) in [5.74, 6) is 1.58. The van der Waals surface area contributed by atoms with Gasteiger partial charge < -0.3 is 4.74 Å². The van der Waals surface area contributed by atoms with Gasteiger partial charge in [0.25, 0.3) is 0 Å². The van der Waals surface area contributed by atoms with Gasteiger partial charge in [-0.1, -0.05) is 38.5 Å². The summed E-state index contributed by atoms with van der Waals surface area (Å²) in [6.45, 7) is 8.90. The summed E-state index contributed by atoms with van der Waals surface area (Å²) in [6.07, 6.45) is 9.88. The lowest BCUT2D eigenvalue weighted by Crippen LogP contribution is -2.33. The molecular weight excluding hydrogens is 248 g/mol. The molecule has 2 bridgehead atoms. The molecule has 1 fully saturated rings. The quantitative estimate of drug-likeness (QED) is 0.571. The van der Waals surface area contributed by atoms with Crippen molar-refractivity contribution in [3.8, 4) is 0 Å². The largest absolute Gasteiger partial charge is 0.458 e. The highest BCUT2D eigenvalue weighted by Gasteiger charge is 2.45. The fourth-order valence-electron chi connectivity index (χ4n) is 4.31. The Labute approximate surface area is 122 Å². The van der Waals surface area contributed by atoms with Gasteiger partial charge in [-0.25, -0.2) is 0 Å². The van der Waals surface area contributed by atoms with Crippen LogP contribution in [-0.2, 0) is 9.53 Å². The number of rotatable bonds is 3. The Morgan fingerprint density at radius 3 is 2.65 bits per heavy atom. The van der Waals surface area contributed by atoms with Crippen molar-refractivity contribution in [1.29, 1.82) is 0 Å². The molecule has 0 saturated heterocycles. The Morgan fingerprint density at radius 2 is 2.15 bits per heavy atom. The standard InChI is InChI=1S/C18H26O2/c1-5-18(4)11(2)8-16(12(18)3)20-17(19)15-10-13-6-7-14(15)9-13/h6-8,12-16H,5,9-10H2,1-4H3. The molecule has 2 heteroatoms. The SMILES string of the molecule is CCC1(C)C(C)=CC(OC(=O)C2CC3C=CC2C3)C1C. The summed E-state index contributed by atoms with van der Waals surface area (Å²) < 4.78 is 5.88. The van der Waals surface area contributed by atoms with Gasteiger partial charge in [0.05, 0.1) is 5.92 Å². The second kappa shape index (κ2) is 4.75. The Balaban J connectivity index is 1.67. The van der Waals surface area contributed by atoms with Gasteiger partial charge in [-0.15, -0.1) is 0 Å². The van der Waals surface area contributed by atoms with E-state index in [4.69, 9.17) is 4.74 Å². The van der Waals surface area contributed by atoms with Crippen molar-refractivity contribution < 1.29 is 9.53 Å². The minimum Gasteiger partial charge on any atom is -0.458 e. The van der Waals surface area contributed by atoms with Crippen molar-refractivity contribution in [3.05, 3.63) is 23.8 Å². The van der Waals surface area contributed by atoms with Gasteiger partial charge in [0.2, 0.25) is 0 Å². The lowest BCUT2D eigenvalue weighted by Gasteiger charge is -2.33. The summed E-state index contributed by atoms with van der Waals surface area (Å²) in [7, 11) is 0. The molecule has 0 heterocycles. The lowest BCUT2D eigenvalue weighted by molar-refractivity contribution is -0.155. The molecule has 2 nitrogen and oxygen atoms in total. The van der Waals surface area contributed by atoms with Gasteiger partial charge in [-0.2, -0.15) is 0 Å². The zero-order valence-corrected chi connectivity index (χ0v) is 13.1. The van der Waals surface area contributed by atoms with E-state index in [2.05, 4.69) is 45.9 Å². The van der Waals surface area contributed by atoms with E-state index < -0.39 is 0 Å². The number of ether oxygens (including phenoxy) is 1. The number of hydrogen-bond donors (Lipinski definition) is 0. The normalized spacial score (nSPS) is 45.8. The number of carbonyl (C=O) groups is 1. The van der Waals surface area contributed by atoms with E-state index in [0.29, 0.717) is 17.8 Å². The third kappa shape index (κ3) is 1.96. The fourth-order valence-corrected chi connectivity index (χ4v) is 4.31. The van der Waals surface area contributed by atoms with E-state index in [0.717, 1.165) is 19.3 Å². The van der Waals surface area contributed by atoms with E-state index in [9.17, 15) is 4.79 Å². The van der Waals surface area contributed by atoms with Crippen LogP contribution in [-0.4, -0.2) is 12.1 Å². The molecule has 1 saturated carbocycles. The van der Waals surface area contributed by atoms with Crippen LogP contribution in [0.15, 0.2) is 23.8 Å². The van der Waals surface area contributed by atoms with Crippen LogP contribution in [0.4, 0.5) is 0 Å². The van der Waals surface area contributed by atoms with E-state index in [1.165, 1.54) is 5.57 Å². The first kappa shape index (κ1) is 13.9. The molecule has 0 aromatic carbocycles. The lowest BCUT2D eigenvalue weighted by atomic mass is 9.74. The molecule has 110 valence electrons. The van der Waals surface area contributed by atoms with Crippen molar-refractivity contribution in [1.82, 2.24) is 0 Å². The molecule has 0 N–H and O–H groups in total. The monoisotopic (exact) mass is 274 g/mol. The minimum absolute atomic E-state index is 0.0307. The maximum atomic E-state index is 12.5. The predicted molar refractivity (Wildman–Crippen MR) is 80.0 cm³/mol. The highest BCUT2D eigenvalue weighted by atomic mass is 16.5. The molecule has 0 aromatic heterocycles. The van der Waals surface area contributed by atoms with Crippen molar-refractivity contribution >= 4 is 5.97 Å². The van der Waals surface area contributed by atoms with Crippen LogP contribution < -0.4 is 0 Å². The molecule has 0 radical (unpaired) electrons. The molecule has 0 aliphatic heterocycles. The summed E-state index contributed by atoms with van der Waals surface area (Å²) in [4.78, 5) is 12.5. The van der Waals surface area contributed by atoms with Gasteiger partial charge in [-0.3, -0.25) is 4.79 Å². The van der Waals surface area contributed by atoms with Crippen LogP contribution in [0.1, 0.15) is 47.0 Å². The summed E-state index contributed by atoms with van der Waals surface area (Å²) in [5.41, 5.74) is 1.55. The molecule has 0 aromatic rings. The predicted octanol–water partition coefficient (Wildman–Crippen LogP) is 4.12. The van der Waals surface area contributed by atoms with Gasteiger partial charge in [0.15, 0.2) is 0 Å². The highest BCUT2D eigenvalue weighted by Crippen LogP contribution is 2.48. The van der Waals surface area contributed by atoms with Gasteiger partial charge in [0.1, 0.15) is 6.10 Å². The first-order valence-electron chi connectivity index (χ1n) is 8.03. The molecule has 6 atom stereocenters. The number of hydrogen-bond acceptors (Lipinski definition) is 2. The van der Waals surface area contributed by atoms with Crippen LogP contribution in [0.25, 0.3) is 0 Å². The van der Waals surface area contributed by atoms with Gasteiger partial charge in [-0.05, 0) is 49.5 Å². The third-order valence-electron chi connectivity index (χ3n) is 6.38. The van der Waals surface area contributed by atoms with Crippen molar-refractivity contribution in [2.75, 3.05) is 0 Å². The van der Waals surface area contributed by atoms with E-state index in [1.807, 2.05) is 0 Å². The van der Waals surface area contributed by atoms with Gasteiger partial charge in [0, 0.05) is 5.92 Å². The van der Waals surface area contributed by atoms with Crippen molar-refractivity contribution in [3.63, 3.8) is 0 Å². The molecule has 6 unspecified atom stereocenters. The molecule has 3 aliphatic rings. The topological polar surface area (TPSA) is 26.3 Å². The molecule has 0 spiro atoms. The Kier molecular flexibility index (Phi) is 3.30. The average molecular weight is 274 g/mol. The maximum absolute atomic E-state index is 12.5. The first-order chi connectivity index (χ1) is 9.45. The summed E-state index contributed by atoms with van der Waals surface area (Å²) in [5, 5.41) is 0. The van der Waals surface area contributed by atoms with Crippen molar-refractivity contribution in [2.24, 2.45) is 29.1 Å². The minimum atomic E-state index is -0.0319. The average Bonchev–Trinajstić information content (AvgIpc) is 3.11. The number of esters is 1. The number of fused-ring (bicyclic) bond motifs is 2. The smallest absolute Gasteiger partial charge is 0.310 e. The van der Waals surface area contributed by atoms with Crippen LogP contribution in [0.5, 0.6) is 0 Å². The molecule has 0 amide bonds. The number of carbonyl (C=O) groups excluding carboxylic acids is 1. The first-order valence-corrected chi connectivity index (χ1v) is 8.03. The zero-order chi connectivity index (χ0) is 14.5. The van der Waals surface area contributed by atoms with Crippen LogP contribution in [0, 0.1) is 29.1 Å². The second-order valence-corrected chi connectivity index (χ2v) is 7.20. The summed E-state index contributed by atoms with van der Waals surface area (Å²) in [6, 6.07) is 0. The third-order valence-corrected chi connectivity index (χ3v) is 6.38. The summed E-state index contributed by atoms with van der Waals surface area (Å²) >= 11 is 0. The zero-order valence-electron chi connectivity index (χ0n) is 13.1. The van der Waals surface area contributed by atoms with Crippen LogP contribution in [0.2, 0.25) is 0 Å². The van der Waals surface area contributed by atoms with Crippen molar-refractivity contribution in [2.45, 2.75) is 53.1 Å². The molecule has 3 rings (SSSR count). The Hall–Kier alpha value is -1.05. The number of allylic oxidation sites excluding steroid dienone is 3. The molecule has 20 heavy (non-hydrogen) atoms.